The summed E-state index contributed by atoms with van der Waals surface area (Å²) in [5, 5.41) is 7.07. The molecule has 1 unspecified atom stereocenters. The van der Waals surface area contributed by atoms with Crippen molar-refractivity contribution in [3.05, 3.63) is 47.8 Å². The Kier molecular flexibility index (Phi) is 5.71. The summed E-state index contributed by atoms with van der Waals surface area (Å²) in [5.41, 5.74) is 1.75. The summed E-state index contributed by atoms with van der Waals surface area (Å²) in [6.45, 7) is 2.88. The summed E-state index contributed by atoms with van der Waals surface area (Å²) in [5.74, 6) is 1.03. The lowest BCUT2D eigenvalue weighted by atomic mass is 9.94. The van der Waals surface area contributed by atoms with E-state index in [2.05, 4.69) is 15.1 Å². The van der Waals surface area contributed by atoms with Crippen molar-refractivity contribution < 1.29 is 9.53 Å². The van der Waals surface area contributed by atoms with Crippen LogP contribution >= 0.6 is 0 Å². The monoisotopic (exact) mass is 342 g/mol. The molecule has 0 spiro atoms. The number of nitrogens with one attached hydrogen (secondary N) is 1. The first-order chi connectivity index (χ1) is 12.1. The predicted octanol–water partition coefficient (Wildman–Crippen LogP) is 2.37. The number of rotatable bonds is 6. The van der Waals surface area contributed by atoms with Crippen molar-refractivity contribution in [2.24, 2.45) is 0 Å². The quantitative estimate of drug-likeness (QED) is 0.875. The van der Waals surface area contributed by atoms with Gasteiger partial charge in [0.1, 0.15) is 12.4 Å². The Morgan fingerprint density at radius 2 is 2.20 bits per heavy atom. The van der Waals surface area contributed by atoms with Crippen LogP contribution in [0.3, 0.4) is 0 Å². The zero-order chi connectivity index (χ0) is 17.6. The number of ether oxygens (including phenoxy) is 1. The average molecular weight is 342 g/mol. The number of hydrogen-bond donors (Lipinski definition) is 1. The molecule has 3 rings (SSSR count). The molecule has 0 aliphatic carbocycles. The number of aromatic nitrogens is 2. The molecule has 1 aliphatic rings. The number of H-pyrrole nitrogens is 1. The van der Waals surface area contributed by atoms with E-state index in [0.717, 1.165) is 31.6 Å². The van der Waals surface area contributed by atoms with Crippen LogP contribution in [-0.4, -0.2) is 66.2 Å². The number of likely N-dealkylation sites (tertiary alicyclic amines) is 1. The molecule has 25 heavy (non-hydrogen) atoms. The van der Waals surface area contributed by atoms with Gasteiger partial charge in [0, 0.05) is 37.4 Å². The largest absolute Gasteiger partial charge is 0.491 e. The van der Waals surface area contributed by atoms with Crippen LogP contribution in [0.4, 0.5) is 0 Å². The number of piperidine rings is 1. The Morgan fingerprint density at radius 3 is 2.96 bits per heavy atom. The maximum absolute atomic E-state index is 13.0. The smallest absolute Gasteiger partial charge is 0.257 e. The van der Waals surface area contributed by atoms with Gasteiger partial charge in [-0.1, -0.05) is 12.1 Å². The summed E-state index contributed by atoms with van der Waals surface area (Å²) in [6, 6.07) is 9.52. The first kappa shape index (κ1) is 17.5. The molecule has 1 atom stereocenters. The number of benzene rings is 1. The average Bonchev–Trinajstić information content (AvgIpc) is 3.16. The van der Waals surface area contributed by atoms with Gasteiger partial charge >= 0.3 is 0 Å². The van der Waals surface area contributed by atoms with Gasteiger partial charge in [0.25, 0.3) is 5.91 Å². The van der Waals surface area contributed by atoms with Crippen molar-refractivity contribution in [2.75, 3.05) is 40.3 Å². The zero-order valence-corrected chi connectivity index (χ0v) is 14.9. The third kappa shape index (κ3) is 4.39. The first-order valence-corrected chi connectivity index (χ1v) is 8.80. The van der Waals surface area contributed by atoms with E-state index in [9.17, 15) is 4.79 Å². The van der Waals surface area contributed by atoms with E-state index in [1.54, 1.807) is 6.20 Å². The summed E-state index contributed by atoms with van der Waals surface area (Å²) < 4.78 is 5.85. The lowest BCUT2D eigenvalue weighted by molar-refractivity contribution is 0.0701. The molecule has 1 N–H and O–H groups in total. The topological polar surface area (TPSA) is 61.5 Å². The molecule has 1 aromatic carbocycles. The third-order valence-corrected chi connectivity index (χ3v) is 4.58. The summed E-state index contributed by atoms with van der Waals surface area (Å²) >= 11 is 0. The highest BCUT2D eigenvalue weighted by Crippen LogP contribution is 2.28. The van der Waals surface area contributed by atoms with E-state index < -0.39 is 0 Å². The van der Waals surface area contributed by atoms with E-state index in [0.29, 0.717) is 30.4 Å². The van der Waals surface area contributed by atoms with Crippen molar-refractivity contribution in [2.45, 2.75) is 18.8 Å². The van der Waals surface area contributed by atoms with E-state index in [1.165, 1.54) is 0 Å². The van der Waals surface area contributed by atoms with Crippen molar-refractivity contribution in [1.82, 2.24) is 20.0 Å². The first-order valence-electron chi connectivity index (χ1n) is 8.80. The molecule has 0 bridgehead atoms. The van der Waals surface area contributed by atoms with Crippen molar-refractivity contribution in [3.63, 3.8) is 0 Å². The van der Waals surface area contributed by atoms with Gasteiger partial charge in [-0.05, 0) is 45.1 Å². The maximum atomic E-state index is 13.0. The molecular weight excluding hydrogens is 316 g/mol. The Hall–Kier alpha value is -2.34. The number of nitrogens with zero attached hydrogens (tertiary/aromatic N) is 3. The van der Waals surface area contributed by atoms with Gasteiger partial charge in [-0.15, -0.1) is 0 Å². The fraction of sp³-hybridized carbons (Fsp3) is 0.474. The van der Waals surface area contributed by atoms with Gasteiger partial charge in [-0.2, -0.15) is 5.10 Å². The van der Waals surface area contributed by atoms with Crippen molar-refractivity contribution >= 4 is 5.91 Å². The van der Waals surface area contributed by atoms with Crippen molar-refractivity contribution in [3.8, 4) is 5.75 Å². The van der Waals surface area contributed by atoms with E-state index in [-0.39, 0.29) is 5.91 Å². The summed E-state index contributed by atoms with van der Waals surface area (Å²) in [6.07, 6.45) is 3.84. The van der Waals surface area contributed by atoms with Crippen LogP contribution in [0.25, 0.3) is 0 Å². The highest BCUT2D eigenvalue weighted by Gasteiger charge is 2.27. The zero-order valence-electron chi connectivity index (χ0n) is 14.9. The molecule has 1 amide bonds. The molecule has 0 saturated carbocycles. The van der Waals surface area contributed by atoms with Gasteiger partial charge in [0.15, 0.2) is 0 Å². The molecule has 1 aromatic heterocycles. The van der Waals surface area contributed by atoms with Gasteiger partial charge < -0.3 is 14.5 Å². The van der Waals surface area contributed by atoms with Crippen LogP contribution in [0, 0.1) is 0 Å². The van der Waals surface area contributed by atoms with E-state index in [1.807, 2.05) is 49.3 Å². The molecule has 0 radical (unpaired) electrons. The van der Waals surface area contributed by atoms with Gasteiger partial charge in [0.05, 0.1) is 5.56 Å². The number of aromatic amines is 1. The minimum atomic E-state index is 0.0460. The number of para-hydroxylation sites is 1. The van der Waals surface area contributed by atoms with Crippen LogP contribution in [0.2, 0.25) is 0 Å². The molecular formula is C19H26N4O2. The molecule has 1 aliphatic heterocycles. The molecule has 2 heterocycles. The second-order valence-corrected chi connectivity index (χ2v) is 6.75. The van der Waals surface area contributed by atoms with Crippen molar-refractivity contribution in [1.29, 1.82) is 0 Å². The standard InChI is InChI=1S/C19H26N4O2/c1-22(2)12-13-25-18-8-4-3-7-16(18)19(24)23-11-5-6-15(14-23)17-9-10-20-21-17/h3-4,7-10,15H,5-6,11-14H2,1-2H3,(H,20,21). The second kappa shape index (κ2) is 8.16. The van der Waals surface area contributed by atoms with E-state index >= 15 is 0 Å². The highest BCUT2D eigenvalue weighted by atomic mass is 16.5. The maximum Gasteiger partial charge on any atom is 0.257 e. The van der Waals surface area contributed by atoms with Crippen LogP contribution in [0.1, 0.15) is 34.8 Å². The highest BCUT2D eigenvalue weighted by molar-refractivity contribution is 5.97. The number of likely N-dealkylation sites (N-methyl/N-ethyl adjacent to an activating group) is 1. The Bertz CT molecular complexity index is 684. The normalized spacial score (nSPS) is 17.7. The van der Waals surface area contributed by atoms with Crippen LogP contribution in [0.5, 0.6) is 5.75 Å². The number of carbonyl (C=O) groups is 1. The third-order valence-electron chi connectivity index (χ3n) is 4.58. The Balaban J connectivity index is 1.70. The Labute approximate surface area is 148 Å². The molecule has 1 fully saturated rings. The minimum Gasteiger partial charge on any atom is -0.491 e. The number of hydrogen-bond acceptors (Lipinski definition) is 4. The molecule has 134 valence electrons. The molecule has 1 saturated heterocycles. The lowest BCUT2D eigenvalue weighted by Gasteiger charge is -2.32. The summed E-state index contributed by atoms with van der Waals surface area (Å²) in [7, 11) is 4.01. The van der Waals surface area contributed by atoms with Crippen LogP contribution in [-0.2, 0) is 0 Å². The van der Waals surface area contributed by atoms with Crippen LogP contribution < -0.4 is 4.74 Å². The van der Waals surface area contributed by atoms with Crippen LogP contribution in [0.15, 0.2) is 36.5 Å². The predicted molar refractivity (Wildman–Crippen MR) is 97.0 cm³/mol. The fourth-order valence-electron chi connectivity index (χ4n) is 3.19. The van der Waals surface area contributed by atoms with Gasteiger partial charge in [-0.25, -0.2) is 0 Å². The SMILES string of the molecule is CN(C)CCOc1ccccc1C(=O)N1CCCC(c2ccn[nH]2)C1. The van der Waals surface area contributed by atoms with E-state index in [4.69, 9.17) is 4.74 Å². The fourth-order valence-corrected chi connectivity index (χ4v) is 3.19. The number of amides is 1. The minimum absolute atomic E-state index is 0.0460. The molecule has 2 aromatic rings. The lowest BCUT2D eigenvalue weighted by Crippen LogP contribution is -2.39. The number of carbonyl (C=O) groups excluding carboxylic acids is 1. The van der Waals surface area contributed by atoms with Gasteiger partial charge in [-0.3, -0.25) is 9.89 Å². The summed E-state index contributed by atoms with van der Waals surface area (Å²) in [4.78, 5) is 17.0. The van der Waals surface area contributed by atoms with Gasteiger partial charge in [0.2, 0.25) is 0 Å². The molecule has 6 heteroatoms. The Morgan fingerprint density at radius 1 is 1.36 bits per heavy atom. The second-order valence-electron chi connectivity index (χ2n) is 6.75. The molecule has 6 nitrogen and oxygen atoms in total.